The SMILES string of the molecule is O=C(Oc1ccccc1Cc1ccccc1)c1ccc(N2C(=O)CCC2=O)cc1. The maximum atomic E-state index is 12.6. The molecule has 0 bridgehead atoms. The van der Waals surface area contributed by atoms with Gasteiger partial charge in [-0.1, -0.05) is 48.5 Å². The quantitative estimate of drug-likeness (QED) is 0.376. The summed E-state index contributed by atoms with van der Waals surface area (Å²) < 4.78 is 5.62. The van der Waals surface area contributed by atoms with Crippen LogP contribution < -0.4 is 9.64 Å². The van der Waals surface area contributed by atoms with Gasteiger partial charge in [-0.15, -0.1) is 0 Å². The van der Waals surface area contributed by atoms with E-state index < -0.39 is 5.97 Å². The van der Waals surface area contributed by atoms with Crippen LogP contribution in [0, 0.1) is 0 Å². The minimum absolute atomic E-state index is 0.222. The van der Waals surface area contributed by atoms with Crippen LogP contribution in [-0.4, -0.2) is 17.8 Å². The molecule has 1 fully saturated rings. The van der Waals surface area contributed by atoms with Gasteiger partial charge in [0.2, 0.25) is 11.8 Å². The summed E-state index contributed by atoms with van der Waals surface area (Å²) in [6, 6.07) is 23.7. The van der Waals surface area contributed by atoms with Crippen LogP contribution in [0.3, 0.4) is 0 Å². The number of para-hydroxylation sites is 1. The first-order chi connectivity index (χ1) is 14.1. The molecule has 0 N–H and O–H groups in total. The van der Waals surface area contributed by atoms with Crippen molar-refractivity contribution in [3.05, 3.63) is 95.6 Å². The molecule has 1 saturated heterocycles. The van der Waals surface area contributed by atoms with E-state index in [-0.39, 0.29) is 24.7 Å². The first kappa shape index (κ1) is 18.6. The van der Waals surface area contributed by atoms with Crippen LogP contribution in [0.5, 0.6) is 5.75 Å². The van der Waals surface area contributed by atoms with E-state index in [1.165, 1.54) is 0 Å². The zero-order valence-corrected chi connectivity index (χ0v) is 15.7. The fourth-order valence-corrected chi connectivity index (χ4v) is 3.34. The van der Waals surface area contributed by atoms with Gasteiger partial charge in [0.05, 0.1) is 11.3 Å². The number of hydrogen-bond donors (Lipinski definition) is 0. The second kappa shape index (κ2) is 8.10. The molecule has 0 atom stereocenters. The molecule has 0 aromatic heterocycles. The monoisotopic (exact) mass is 385 g/mol. The Morgan fingerprint density at radius 3 is 2.10 bits per heavy atom. The van der Waals surface area contributed by atoms with Crippen molar-refractivity contribution >= 4 is 23.5 Å². The summed E-state index contributed by atoms with van der Waals surface area (Å²) in [7, 11) is 0. The molecule has 1 aliphatic rings. The molecule has 3 aromatic rings. The van der Waals surface area contributed by atoms with Crippen molar-refractivity contribution in [2.45, 2.75) is 19.3 Å². The maximum Gasteiger partial charge on any atom is 0.343 e. The lowest BCUT2D eigenvalue weighted by Crippen LogP contribution is -2.28. The Hall–Kier alpha value is -3.73. The molecule has 29 heavy (non-hydrogen) atoms. The molecule has 2 amide bonds. The summed E-state index contributed by atoms with van der Waals surface area (Å²) in [5, 5.41) is 0. The Morgan fingerprint density at radius 2 is 1.41 bits per heavy atom. The van der Waals surface area contributed by atoms with Crippen LogP contribution in [0.25, 0.3) is 0 Å². The van der Waals surface area contributed by atoms with Crippen LogP contribution in [0.4, 0.5) is 5.69 Å². The van der Waals surface area contributed by atoms with E-state index in [2.05, 4.69) is 0 Å². The van der Waals surface area contributed by atoms with Crippen molar-refractivity contribution in [3.63, 3.8) is 0 Å². The van der Waals surface area contributed by atoms with Gasteiger partial charge in [-0.25, -0.2) is 4.79 Å². The summed E-state index contributed by atoms with van der Waals surface area (Å²) in [6.07, 6.45) is 1.10. The molecule has 3 aromatic carbocycles. The minimum Gasteiger partial charge on any atom is -0.423 e. The maximum absolute atomic E-state index is 12.6. The number of ether oxygens (including phenoxy) is 1. The lowest BCUT2D eigenvalue weighted by atomic mass is 10.0. The molecule has 4 rings (SSSR count). The zero-order chi connectivity index (χ0) is 20.2. The molecule has 0 aliphatic carbocycles. The largest absolute Gasteiger partial charge is 0.423 e. The van der Waals surface area contributed by atoms with Gasteiger partial charge in [0.15, 0.2) is 0 Å². The Bertz CT molecular complexity index is 1040. The Morgan fingerprint density at radius 1 is 0.793 bits per heavy atom. The Kier molecular flexibility index (Phi) is 5.20. The molecule has 5 nitrogen and oxygen atoms in total. The van der Waals surface area contributed by atoms with E-state index in [1.807, 2.05) is 48.5 Å². The number of hydrogen-bond acceptors (Lipinski definition) is 4. The molecule has 0 spiro atoms. The van der Waals surface area contributed by atoms with E-state index in [9.17, 15) is 14.4 Å². The van der Waals surface area contributed by atoms with Gasteiger partial charge in [-0.05, 0) is 41.5 Å². The number of rotatable bonds is 5. The average Bonchev–Trinajstić information content (AvgIpc) is 3.08. The minimum atomic E-state index is -0.490. The normalized spacial score (nSPS) is 13.6. The van der Waals surface area contributed by atoms with Crippen LogP contribution in [-0.2, 0) is 16.0 Å². The fraction of sp³-hybridized carbons (Fsp3) is 0.125. The lowest BCUT2D eigenvalue weighted by molar-refractivity contribution is -0.121. The molecule has 5 heteroatoms. The molecule has 0 saturated carbocycles. The van der Waals surface area contributed by atoms with Gasteiger partial charge in [0.25, 0.3) is 0 Å². The summed E-state index contributed by atoms with van der Waals surface area (Å²) in [5.41, 5.74) is 2.86. The van der Waals surface area contributed by atoms with E-state index in [4.69, 9.17) is 4.74 Å². The molecule has 0 unspecified atom stereocenters. The number of benzene rings is 3. The molecule has 0 radical (unpaired) electrons. The number of anilines is 1. The Labute approximate surface area is 168 Å². The van der Waals surface area contributed by atoms with Gasteiger partial charge in [0.1, 0.15) is 5.75 Å². The number of nitrogens with zero attached hydrogens (tertiary/aromatic N) is 1. The molecule has 144 valence electrons. The highest BCUT2D eigenvalue weighted by Crippen LogP contribution is 2.25. The predicted octanol–water partition coefficient (Wildman–Crippen LogP) is 4.15. The second-order valence-electron chi connectivity index (χ2n) is 6.83. The van der Waals surface area contributed by atoms with Gasteiger partial charge < -0.3 is 4.74 Å². The first-order valence-corrected chi connectivity index (χ1v) is 9.42. The highest BCUT2D eigenvalue weighted by Gasteiger charge is 2.30. The number of imide groups is 1. The predicted molar refractivity (Wildman–Crippen MR) is 109 cm³/mol. The van der Waals surface area contributed by atoms with Crippen molar-refractivity contribution in [3.8, 4) is 5.75 Å². The summed E-state index contributed by atoms with van der Waals surface area (Å²) in [5.74, 6) is -0.424. The van der Waals surface area contributed by atoms with Crippen molar-refractivity contribution in [1.82, 2.24) is 0 Å². The zero-order valence-electron chi connectivity index (χ0n) is 15.7. The van der Waals surface area contributed by atoms with Crippen LogP contribution in [0.1, 0.15) is 34.3 Å². The lowest BCUT2D eigenvalue weighted by Gasteiger charge is -2.14. The van der Waals surface area contributed by atoms with E-state index >= 15 is 0 Å². The van der Waals surface area contributed by atoms with Crippen molar-refractivity contribution in [2.75, 3.05) is 4.90 Å². The smallest absolute Gasteiger partial charge is 0.343 e. The van der Waals surface area contributed by atoms with Gasteiger partial charge >= 0.3 is 5.97 Å². The molecule has 1 aliphatic heterocycles. The number of amides is 2. The highest BCUT2D eigenvalue weighted by molar-refractivity contribution is 6.19. The summed E-state index contributed by atoms with van der Waals surface area (Å²) >= 11 is 0. The van der Waals surface area contributed by atoms with Gasteiger partial charge in [-0.3, -0.25) is 14.5 Å². The standard InChI is InChI=1S/C24H19NO4/c26-22-14-15-23(27)25(22)20-12-10-18(11-13-20)24(28)29-21-9-5-4-8-19(21)16-17-6-2-1-3-7-17/h1-13H,14-16H2. The number of carbonyl (C=O) groups is 3. The van der Waals surface area contributed by atoms with E-state index in [0.29, 0.717) is 23.4 Å². The summed E-state index contributed by atoms with van der Waals surface area (Å²) in [6.45, 7) is 0. The van der Waals surface area contributed by atoms with Crippen LogP contribution in [0.15, 0.2) is 78.9 Å². The third-order valence-corrected chi connectivity index (χ3v) is 4.83. The first-order valence-electron chi connectivity index (χ1n) is 9.42. The average molecular weight is 385 g/mol. The topological polar surface area (TPSA) is 63.7 Å². The van der Waals surface area contributed by atoms with Gasteiger partial charge in [-0.2, -0.15) is 0 Å². The number of carbonyl (C=O) groups excluding carboxylic acids is 3. The van der Waals surface area contributed by atoms with E-state index in [0.717, 1.165) is 16.0 Å². The highest BCUT2D eigenvalue weighted by atomic mass is 16.5. The second-order valence-corrected chi connectivity index (χ2v) is 6.83. The third-order valence-electron chi connectivity index (χ3n) is 4.83. The number of esters is 1. The van der Waals surface area contributed by atoms with Crippen molar-refractivity contribution in [1.29, 1.82) is 0 Å². The van der Waals surface area contributed by atoms with E-state index in [1.54, 1.807) is 30.3 Å². The van der Waals surface area contributed by atoms with Crippen molar-refractivity contribution in [2.24, 2.45) is 0 Å². The van der Waals surface area contributed by atoms with Crippen molar-refractivity contribution < 1.29 is 19.1 Å². The van der Waals surface area contributed by atoms with Crippen LogP contribution >= 0.6 is 0 Å². The van der Waals surface area contributed by atoms with Gasteiger partial charge in [0, 0.05) is 19.3 Å². The third kappa shape index (κ3) is 4.09. The molecule has 1 heterocycles. The summed E-state index contributed by atoms with van der Waals surface area (Å²) in [4.78, 5) is 37.5. The fourth-order valence-electron chi connectivity index (χ4n) is 3.34. The molecular weight excluding hydrogens is 366 g/mol. The molecular formula is C24H19NO4. The van der Waals surface area contributed by atoms with Crippen LogP contribution in [0.2, 0.25) is 0 Å². The Balaban J connectivity index is 1.50.